The van der Waals surface area contributed by atoms with Gasteiger partial charge in [-0.25, -0.2) is 5.01 Å². The number of ether oxygens (including phenoxy) is 1. The molecule has 1 aliphatic rings. The van der Waals surface area contributed by atoms with E-state index in [0.717, 1.165) is 5.56 Å². The minimum Gasteiger partial charge on any atom is -0.469 e. The Bertz CT molecular complexity index is 556. The molecule has 1 N–H and O–H groups in total. The Labute approximate surface area is 116 Å². The quantitative estimate of drug-likeness (QED) is 0.805. The normalized spacial score (nSPS) is 18.4. The van der Waals surface area contributed by atoms with Gasteiger partial charge < -0.3 is 4.74 Å². The van der Waals surface area contributed by atoms with Crippen molar-refractivity contribution in [1.82, 2.24) is 10.4 Å². The Morgan fingerprint density at radius 2 is 2.05 bits per heavy atom. The summed E-state index contributed by atoms with van der Waals surface area (Å²) in [4.78, 5) is 35.5. The molecule has 0 saturated carbocycles. The lowest BCUT2D eigenvalue weighted by molar-refractivity contribution is -0.151. The Morgan fingerprint density at radius 3 is 2.70 bits per heavy atom. The highest BCUT2D eigenvalue weighted by Crippen LogP contribution is 2.16. The third-order valence-corrected chi connectivity index (χ3v) is 3.25. The zero-order valence-electron chi connectivity index (χ0n) is 11.4. The van der Waals surface area contributed by atoms with Gasteiger partial charge in [0, 0.05) is 12.0 Å². The van der Waals surface area contributed by atoms with Crippen molar-refractivity contribution in [2.24, 2.45) is 5.92 Å². The van der Waals surface area contributed by atoms with E-state index in [1.165, 1.54) is 12.1 Å². The molecule has 0 spiro atoms. The van der Waals surface area contributed by atoms with E-state index in [1.807, 2.05) is 19.1 Å². The van der Waals surface area contributed by atoms with Crippen LogP contribution in [0.4, 0.5) is 0 Å². The third-order valence-electron chi connectivity index (χ3n) is 3.25. The molecule has 2 amide bonds. The van der Waals surface area contributed by atoms with Crippen molar-refractivity contribution < 1.29 is 19.1 Å². The van der Waals surface area contributed by atoms with Crippen LogP contribution >= 0.6 is 0 Å². The van der Waals surface area contributed by atoms with E-state index in [9.17, 15) is 14.4 Å². The summed E-state index contributed by atoms with van der Waals surface area (Å²) < 4.78 is 4.64. The van der Waals surface area contributed by atoms with Gasteiger partial charge >= 0.3 is 5.97 Å². The van der Waals surface area contributed by atoms with Crippen LogP contribution in [0.2, 0.25) is 0 Å². The van der Waals surface area contributed by atoms with Crippen molar-refractivity contribution in [2.45, 2.75) is 13.3 Å². The fourth-order valence-electron chi connectivity index (χ4n) is 2.17. The second-order valence-corrected chi connectivity index (χ2v) is 4.69. The lowest BCUT2D eigenvalue weighted by Crippen LogP contribution is -2.54. The second kappa shape index (κ2) is 5.73. The van der Waals surface area contributed by atoms with E-state index in [-0.39, 0.29) is 24.8 Å². The molecular weight excluding hydrogens is 260 g/mol. The number of hydrogen-bond donors (Lipinski definition) is 1. The highest BCUT2D eigenvalue weighted by atomic mass is 16.5. The first kappa shape index (κ1) is 14.0. The van der Waals surface area contributed by atoms with E-state index in [0.29, 0.717) is 5.56 Å². The van der Waals surface area contributed by atoms with Crippen LogP contribution < -0.4 is 5.43 Å². The van der Waals surface area contributed by atoms with Crippen LogP contribution in [0, 0.1) is 12.8 Å². The molecule has 0 radical (unpaired) electrons. The molecule has 1 aliphatic heterocycles. The number of carbonyl (C=O) groups excluding carboxylic acids is 3. The van der Waals surface area contributed by atoms with Gasteiger partial charge in [0.2, 0.25) is 5.91 Å². The van der Waals surface area contributed by atoms with Gasteiger partial charge in [0.25, 0.3) is 5.91 Å². The summed E-state index contributed by atoms with van der Waals surface area (Å²) in [5.74, 6) is -1.80. The molecule has 6 heteroatoms. The van der Waals surface area contributed by atoms with Crippen LogP contribution in [-0.4, -0.2) is 36.4 Å². The average Bonchev–Trinajstić information content (AvgIpc) is 2.45. The Kier molecular flexibility index (Phi) is 4.02. The molecule has 1 aromatic rings. The lowest BCUT2D eigenvalue weighted by Gasteiger charge is -2.31. The predicted octanol–water partition coefficient (Wildman–Crippen LogP) is 0.661. The van der Waals surface area contributed by atoms with E-state index in [4.69, 9.17) is 0 Å². The van der Waals surface area contributed by atoms with E-state index < -0.39 is 11.9 Å². The molecule has 0 bridgehead atoms. The summed E-state index contributed by atoms with van der Waals surface area (Å²) in [5.41, 5.74) is 3.80. The summed E-state index contributed by atoms with van der Waals surface area (Å²) in [6.07, 6.45) is 0.0320. The third kappa shape index (κ3) is 2.79. The van der Waals surface area contributed by atoms with Crippen molar-refractivity contribution in [3.63, 3.8) is 0 Å². The zero-order valence-corrected chi connectivity index (χ0v) is 11.4. The first-order chi connectivity index (χ1) is 9.52. The number of rotatable bonds is 2. The van der Waals surface area contributed by atoms with Crippen LogP contribution in [0.5, 0.6) is 0 Å². The Hall–Kier alpha value is -2.37. The molecule has 0 aromatic heterocycles. The second-order valence-electron chi connectivity index (χ2n) is 4.69. The predicted molar refractivity (Wildman–Crippen MR) is 70.5 cm³/mol. The highest BCUT2D eigenvalue weighted by Gasteiger charge is 2.33. The number of nitrogens with zero attached hydrogens (tertiary/aromatic N) is 1. The number of hydrogen-bond acceptors (Lipinski definition) is 4. The Balaban J connectivity index is 2.19. The molecular formula is C14H16N2O4. The molecule has 1 fully saturated rings. The number of amides is 2. The fraction of sp³-hybridized carbons (Fsp3) is 0.357. The van der Waals surface area contributed by atoms with Crippen LogP contribution in [0.25, 0.3) is 0 Å². The van der Waals surface area contributed by atoms with Crippen molar-refractivity contribution in [2.75, 3.05) is 13.7 Å². The number of methoxy groups -OCH3 is 1. The molecule has 20 heavy (non-hydrogen) atoms. The molecule has 1 atom stereocenters. The van der Waals surface area contributed by atoms with Gasteiger partial charge in [-0.3, -0.25) is 19.8 Å². The molecule has 6 nitrogen and oxygen atoms in total. The largest absolute Gasteiger partial charge is 0.469 e. The Morgan fingerprint density at radius 1 is 1.35 bits per heavy atom. The molecule has 2 rings (SSSR count). The fourth-order valence-corrected chi connectivity index (χ4v) is 2.17. The number of benzene rings is 1. The van der Waals surface area contributed by atoms with Gasteiger partial charge in [0.05, 0.1) is 19.6 Å². The van der Waals surface area contributed by atoms with Crippen LogP contribution in [-0.2, 0) is 14.3 Å². The van der Waals surface area contributed by atoms with E-state index >= 15 is 0 Å². The minimum absolute atomic E-state index is 0.0320. The summed E-state index contributed by atoms with van der Waals surface area (Å²) >= 11 is 0. The first-order valence-corrected chi connectivity index (χ1v) is 6.27. The van der Waals surface area contributed by atoms with Gasteiger partial charge in [-0.05, 0) is 18.6 Å². The van der Waals surface area contributed by atoms with E-state index in [2.05, 4.69) is 10.2 Å². The smallest absolute Gasteiger partial charge is 0.311 e. The van der Waals surface area contributed by atoms with Crippen molar-refractivity contribution in [1.29, 1.82) is 0 Å². The zero-order chi connectivity index (χ0) is 14.7. The van der Waals surface area contributed by atoms with Crippen LogP contribution in [0.15, 0.2) is 24.3 Å². The van der Waals surface area contributed by atoms with Gasteiger partial charge in [0.15, 0.2) is 0 Å². The lowest BCUT2D eigenvalue weighted by atomic mass is 10.0. The first-order valence-electron chi connectivity index (χ1n) is 6.27. The van der Waals surface area contributed by atoms with Crippen molar-refractivity contribution in [3.8, 4) is 0 Å². The molecule has 1 aromatic carbocycles. The van der Waals surface area contributed by atoms with E-state index in [1.54, 1.807) is 12.1 Å². The minimum atomic E-state index is -0.623. The molecule has 1 heterocycles. The van der Waals surface area contributed by atoms with Crippen molar-refractivity contribution in [3.05, 3.63) is 35.4 Å². The van der Waals surface area contributed by atoms with Crippen molar-refractivity contribution >= 4 is 17.8 Å². The monoisotopic (exact) mass is 276 g/mol. The van der Waals surface area contributed by atoms with Gasteiger partial charge in [-0.2, -0.15) is 0 Å². The summed E-state index contributed by atoms with van der Waals surface area (Å²) in [6.45, 7) is 1.93. The summed E-state index contributed by atoms with van der Waals surface area (Å²) in [7, 11) is 1.27. The maximum Gasteiger partial charge on any atom is 0.311 e. The number of carbonyl (C=O) groups is 3. The molecule has 0 aliphatic carbocycles. The van der Waals surface area contributed by atoms with Gasteiger partial charge in [-0.1, -0.05) is 18.2 Å². The number of esters is 1. The molecule has 1 unspecified atom stereocenters. The average molecular weight is 276 g/mol. The topological polar surface area (TPSA) is 75.7 Å². The summed E-state index contributed by atoms with van der Waals surface area (Å²) in [6, 6.07) is 7.09. The van der Waals surface area contributed by atoms with Crippen LogP contribution in [0.1, 0.15) is 22.3 Å². The van der Waals surface area contributed by atoms with Crippen LogP contribution in [0.3, 0.4) is 0 Å². The maximum atomic E-state index is 12.4. The number of hydrazine groups is 1. The number of nitrogens with one attached hydrogen (secondary N) is 1. The SMILES string of the molecule is COC(=O)C1CC(=O)NN(C(=O)c2ccccc2C)C1. The highest BCUT2D eigenvalue weighted by molar-refractivity contribution is 5.98. The standard InChI is InChI=1S/C14H16N2O4/c1-9-5-3-4-6-11(9)13(18)16-8-10(14(19)20-2)7-12(17)15-16/h3-6,10H,7-8H2,1-2H3,(H,15,17). The molecule has 106 valence electrons. The van der Waals surface area contributed by atoms with Gasteiger partial charge in [0.1, 0.15) is 0 Å². The van der Waals surface area contributed by atoms with Gasteiger partial charge in [-0.15, -0.1) is 0 Å². The molecule has 1 saturated heterocycles. The number of aryl methyl sites for hydroxylation is 1. The maximum absolute atomic E-state index is 12.4. The summed E-state index contributed by atoms with van der Waals surface area (Å²) in [5, 5.41) is 1.18.